The van der Waals surface area contributed by atoms with Gasteiger partial charge in [0.1, 0.15) is 5.75 Å². The van der Waals surface area contributed by atoms with E-state index in [1.54, 1.807) is 31.2 Å². The maximum atomic E-state index is 12.1. The number of anilines is 1. The normalized spacial score (nSPS) is 11.6. The smallest absolute Gasteiger partial charge is 0.265 e. The molecule has 0 radical (unpaired) electrons. The average Bonchev–Trinajstić information content (AvgIpc) is 2.50. The largest absolute Gasteiger partial charge is 0.481 e. The summed E-state index contributed by atoms with van der Waals surface area (Å²) in [6.07, 6.45) is -0.618. The van der Waals surface area contributed by atoms with Crippen LogP contribution in [0.3, 0.4) is 0 Å². The Kier molecular flexibility index (Phi) is 5.54. The summed E-state index contributed by atoms with van der Waals surface area (Å²) in [7, 11) is 0. The summed E-state index contributed by atoms with van der Waals surface area (Å²) in [6.45, 7) is 3.20. The second-order valence-electron chi connectivity index (χ2n) is 4.84. The molecule has 0 unspecified atom stereocenters. The Morgan fingerprint density at radius 3 is 2.18 bits per heavy atom. The highest BCUT2D eigenvalue weighted by atomic mass is 127. The molecule has 4 nitrogen and oxygen atoms in total. The van der Waals surface area contributed by atoms with E-state index in [0.717, 1.165) is 3.57 Å². The summed E-state index contributed by atoms with van der Waals surface area (Å²) in [5, 5.41) is 2.76. The monoisotopic (exact) mass is 409 g/mol. The van der Waals surface area contributed by atoms with Gasteiger partial charge in [0.05, 0.1) is 0 Å². The quantitative estimate of drug-likeness (QED) is 0.602. The lowest BCUT2D eigenvalue weighted by Gasteiger charge is -2.15. The molecule has 0 heterocycles. The first-order valence-electron chi connectivity index (χ1n) is 6.80. The molecule has 0 fully saturated rings. The van der Waals surface area contributed by atoms with Crippen molar-refractivity contribution in [1.82, 2.24) is 0 Å². The van der Waals surface area contributed by atoms with Crippen LogP contribution in [0, 0.1) is 3.57 Å². The van der Waals surface area contributed by atoms with Gasteiger partial charge >= 0.3 is 0 Å². The van der Waals surface area contributed by atoms with Crippen molar-refractivity contribution < 1.29 is 14.3 Å². The van der Waals surface area contributed by atoms with E-state index >= 15 is 0 Å². The Morgan fingerprint density at radius 2 is 1.64 bits per heavy atom. The number of nitrogens with one attached hydrogen (secondary N) is 1. The second-order valence-corrected chi connectivity index (χ2v) is 6.08. The number of benzene rings is 2. The molecule has 0 aliphatic carbocycles. The summed E-state index contributed by atoms with van der Waals surface area (Å²) in [6, 6.07) is 14.3. The van der Waals surface area contributed by atoms with Crippen LogP contribution in [0.1, 0.15) is 24.2 Å². The number of carbonyl (C=O) groups excluding carboxylic acids is 2. The molecule has 1 N–H and O–H groups in total. The fraction of sp³-hybridized carbons (Fsp3) is 0.176. The lowest BCUT2D eigenvalue weighted by atomic mass is 10.1. The third-order valence-electron chi connectivity index (χ3n) is 3.05. The van der Waals surface area contributed by atoms with Crippen molar-refractivity contribution in [2.24, 2.45) is 0 Å². The van der Waals surface area contributed by atoms with E-state index in [1.165, 1.54) is 6.92 Å². The minimum Gasteiger partial charge on any atom is -0.481 e. The third kappa shape index (κ3) is 4.56. The fourth-order valence-electron chi connectivity index (χ4n) is 1.80. The molecule has 1 atom stereocenters. The molecule has 5 heteroatoms. The van der Waals surface area contributed by atoms with Gasteiger partial charge in [0, 0.05) is 14.8 Å². The summed E-state index contributed by atoms with van der Waals surface area (Å²) in [5.74, 6) is 0.400. The number of ketones is 1. The van der Waals surface area contributed by atoms with Gasteiger partial charge in [0.25, 0.3) is 5.91 Å². The van der Waals surface area contributed by atoms with E-state index in [4.69, 9.17) is 4.74 Å². The van der Waals surface area contributed by atoms with Crippen LogP contribution in [-0.2, 0) is 4.79 Å². The zero-order chi connectivity index (χ0) is 16.1. The number of hydrogen-bond acceptors (Lipinski definition) is 3. The minimum atomic E-state index is -0.618. The maximum absolute atomic E-state index is 12.1. The van der Waals surface area contributed by atoms with E-state index < -0.39 is 6.10 Å². The first-order chi connectivity index (χ1) is 10.5. The Morgan fingerprint density at radius 1 is 1.05 bits per heavy atom. The molecule has 2 aromatic rings. The van der Waals surface area contributed by atoms with Crippen LogP contribution in [0.4, 0.5) is 5.69 Å². The van der Waals surface area contributed by atoms with E-state index in [9.17, 15) is 9.59 Å². The molecule has 22 heavy (non-hydrogen) atoms. The van der Waals surface area contributed by atoms with Gasteiger partial charge < -0.3 is 10.1 Å². The van der Waals surface area contributed by atoms with E-state index in [-0.39, 0.29) is 11.7 Å². The molecular weight excluding hydrogens is 393 g/mol. The van der Waals surface area contributed by atoms with Crippen molar-refractivity contribution >= 4 is 40.0 Å². The average molecular weight is 409 g/mol. The van der Waals surface area contributed by atoms with Crippen molar-refractivity contribution in [3.8, 4) is 5.75 Å². The topological polar surface area (TPSA) is 55.4 Å². The first kappa shape index (κ1) is 16.5. The number of carbonyl (C=O) groups is 2. The van der Waals surface area contributed by atoms with Crippen molar-refractivity contribution in [3.63, 3.8) is 0 Å². The lowest BCUT2D eigenvalue weighted by Crippen LogP contribution is -2.30. The van der Waals surface area contributed by atoms with E-state index in [2.05, 4.69) is 27.9 Å². The van der Waals surface area contributed by atoms with Crippen molar-refractivity contribution in [2.75, 3.05) is 5.32 Å². The predicted octanol–water partition coefficient (Wildman–Crippen LogP) is 3.90. The molecule has 0 saturated heterocycles. The van der Waals surface area contributed by atoms with Crippen molar-refractivity contribution in [2.45, 2.75) is 20.0 Å². The molecule has 0 aliphatic rings. The summed E-state index contributed by atoms with van der Waals surface area (Å²) in [5.41, 5.74) is 1.24. The molecule has 2 rings (SSSR count). The maximum Gasteiger partial charge on any atom is 0.265 e. The number of ether oxygens (including phenoxy) is 1. The van der Waals surface area contributed by atoms with Gasteiger partial charge in [-0.1, -0.05) is 0 Å². The molecule has 2 aromatic carbocycles. The van der Waals surface area contributed by atoms with Gasteiger partial charge in [0.15, 0.2) is 11.9 Å². The Balaban J connectivity index is 1.95. The van der Waals surface area contributed by atoms with Gasteiger partial charge in [-0.05, 0) is 85.0 Å². The highest BCUT2D eigenvalue weighted by molar-refractivity contribution is 14.1. The zero-order valence-electron chi connectivity index (χ0n) is 12.3. The first-order valence-corrected chi connectivity index (χ1v) is 7.87. The fourth-order valence-corrected chi connectivity index (χ4v) is 2.16. The van der Waals surface area contributed by atoms with Crippen LogP contribution in [0.25, 0.3) is 0 Å². The third-order valence-corrected chi connectivity index (χ3v) is 3.77. The zero-order valence-corrected chi connectivity index (χ0v) is 14.5. The van der Waals surface area contributed by atoms with Crippen LogP contribution >= 0.6 is 22.6 Å². The van der Waals surface area contributed by atoms with Gasteiger partial charge in [0.2, 0.25) is 0 Å². The molecule has 1 amide bonds. The van der Waals surface area contributed by atoms with E-state index in [0.29, 0.717) is 17.0 Å². The molecule has 0 bridgehead atoms. The van der Waals surface area contributed by atoms with Crippen LogP contribution < -0.4 is 10.1 Å². The molecule has 0 aliphatic heterocycles. The van der Waals surface area contributed by atoms with Crippen molar-refractivity contribution in [3.05, 3.63) is 57.7 Å². The minimum absolute atomic E-state index is 0.00622. The molecule has 114 valence electrons. The molecular formula is C17H16INO3. The van der Waals surface area contributed by atoms with E-state index in [1.807, 2.05) is 24.3 Å². The standard InChI is InChI=1S/C17H16INO3/c1-11(20)13-3-7-15(8-4-13)19-17(21)12(2)22-16-9-5-14(18)6-10-16/h3-10,12H,1-2H3,(H,19,21)/t12-/m1/s1. The van der Waals surface area contributed by atoms with Crippen molar-refractivity contribution in [1.29, 1.82) is 0 Å². The number of Topliss-reactive ketones (excluding diaryl/α,β-unsaturated/α-hetero) is 1. The van der Waals surface area contributed by atoms with Crippen LogP contribution in [-0.4, -0.2) is 17.8 Å². The summed E-state index contributed by atoms with van der Waals surface area (Å²) >= 11 is 2.21. The molecule has 0 aromatic heterocycles. The highest BCUT2D eigenvalue weighted by Crippen LogP contribution is 2.16. The van der Waals surface area contributed by atoms with Gasteiger partial charge in [-0.2, -0.15) is 0 Å². The predicted molar refractivity (Wildman–Crippen MR) is 94.3 cm³/mol. The summed E-state index contributed by atoms with van der Waals surface area (Å²) < 4.78 is 6.70. The lowest BCUT2D eigenvalue weighted by molar-refractivity contribution is -0.122. The number of halogens is 1. The van der Waals surface area contributed by atoms with Gasteiger partial charge in [-0.25, -0.2) is 0 Å². The van der Waals surface area contributed by atoms with Crippen LogP contribution in [0.15, 0.2) is 48.5 Å². The van der Waals surface area contributed by atoms with Crippen LogP contribution in [0.5, 0.6) is 5.75 Å². The second kappa shape index (κ2) is 7.40. The highest BCUT2D eigenvalue weighted by Gasteiger charge is 2.15. The number of amides is 1. The van der Waals surface area contributed by atoms with Gasteiger partial charge in [-0.15, -0.1) is 0 Å². The SMILES string of the molecule is CC(=O)c1ccc(NC(=O)[C@@H](C)Oc2ccc(I)cc2)cc1. The Hall–Kier alpha value is -1.89. The van der Waals surface area contributed by atoms with Crippen LogP contribution in [0.2, 0.25) is 0 Å². The molecule has 0 saturated carbocycles. The molecule has 0 spiro atoms. The summed E-state index contributed by atoms with van der Waals surface area (Å²) in [4.78, 5) is 23.3. The Bertz CT molecular complexity index is 665. The Labute approximate surface area is 143 Å². The van der Waals surface area contributed by atoms with Gasteiger partial charge in [-0.3, -0.25) is 9.59 Å². The number of rotatable bonds is 5. The number of hydrogen-bond donors (Lipinski definition) is 1.